The fraction of sp³-hybridized carbons (Fsp3) is 0.333. The van der Waals surface area contributed by atoms with Crippen LogP contribution in [0.1, 0.15) is 11.5 Å². The van der Waals surface area contributed by atoms with Gasteiger partial charge in [0.15, 0.2) is 11.5 Å². The van der Waals surface area contributed by atoms with Gasteiger partial charge in [0.05, 0.1) is 29.1 Å². The maximum absolute atomic E-state index is 10.3. The zero-order valence-corrected chi connectivity index (χ0v) is 19.2. The van der Waals surface area contributed by atoms with Gasteiger partial charge >= 0.3 is 0 Å². The number of hydrogen-bond acceptors (Lipinski definition) is 6. The predicted molar refractivity (Wildman–Crippen MR) is 127 cm³/mol. The number of ether oxygens (including phenoxy) is 3. The molecule has 2 aliphatic rings. The van der Waals surface area contributed by atoms with Crippen LogP contribution in [0, 0.1) is 0 Å². The first-order valence-electron chi connectivity index (χ1n) is 10.5. The Balaban J connectivity index is 1.20. The Morgan fingerprint density at radius 2 is 1.91 bits per heavy atom. The lowest BCUT2D eigenvalue weighted by Gasteiger charge is -2.25. The first-order valence-corrected chi connectivity index (χ1v) is 11.2. The van der Waals surface area contributed by atoms with Gasteiger partial charge in [-0.15, -0.1) is 0 Å². The summed E-state index contributed by atoms with van der Waals surface area (Å²) in [6.45, 7) is 1.51. The number of fused-ring (bicyclic) bond motifs is 3. The van der Waals surface area contributed by atoms with Crippen LogP contribution in [0.4, 0.5) is 5.69 Å². The Hall–Kier alpha value is -2.38. The number of aliphatic hydroxyl groups is 1. The molecule has 0 amide bonds. The molecule has 1 aliphatic heterocycles. The summed E-state index contributed by atoms with van der Waals surface area (Å²) in [4.78, 5) is 0. The molecular formula is C24H26Cl2N2O4. The summed E-state index contributed by atoms with van der Waals surface area (Å²) in [5.74, 6) is 2.03. The molecule has 1 heterocycles. The van der Waals surface area contributed by atoms with E-state index in [0.717, 1.165) is 11.4 Å². The Bertz CT molecular complexity index is 1010. The van der Waals surface area contributed by atoms with Crippen molar-refractivity contribution >= 4 is 28.9 Å². The summed E-state index contributed by atoms with van der Waals surface area (Å²) >= 11 is 12.0. The smallest absolute Gasteiger partial charge is 0.162 e. The summed E-state index contributed by atoms with van der Waals surface area (Å²) in [6, 6.07) is 11.7. The normalized spacial score (nSPS) is 19.4. The van der Waals surface area contributed by atoms with E-state index in [0.29, 0.717) is 41.2 Å². The van der Waals surface area contributed by atoms with Crippen LogP contribution in [-0.4, -0.2) is 50.7 Å². The molecule has 0 spiro atoms. The maximum atomic E-state index is 10.3. The molecule has 0 aromatic heterocycles. The van der Waals surface area contributed by atoms with Crippen molar-refractivity contribution in [3.05, 3.63) is 76.0 Å². The van der Waals surface area contributed by atoms with Crippen LogP contribution in [0.5, 0.6) is 11.5 Å². The first-order chi connectivity index (χ1) is 15.6. The fourth-order valence-corrected chi connectivity index (χ4v) is 4.20. The quantitative estimate of drug-likeness (QED) is 0.442. The molecule has 3 atom stereocenters. The number of nitrogens with one attached hydrogen (secondary N) is 2. The van der Waals surface area contributed by atoms with E-state index in [1.54, 1.807) is 19.2 Å². The van der Waals surface area contributed by atoms with Crippen LogP contribution in [0.2, 0.25) is 10.0 Å². The number of aliphatic hydroxyl groups excluding tert-OH is 1. The molecule has 6 nitrogen and oxygen atoms in total. The largest absolute Gasteiger partial charge is 0.494 e. The molecular weight excluding hydrogens is 451 g/mol. The zero-order valence-electron chi connectivity index (χ0n) is 17.7. The average Bonchev–Trinajstić information content (AvgIpc) is 3.18. The van der Waals surface area contributed by atoms with E-state index in [1.807, 2.05) is 24.3 Å². The van der Waals surface area contributed by atoms with Crippen molar-refractivity contribution in [3.8, 4) is 11.5 Å². The van der Waals surface area contributed by atoms with Gasteiger partial charge in [-0.2, -0.15) is 0 Å². The van der Waals surface area contributed by atoms with Crippen LogP contribution < -0.4 is 20.1 Å². The molecule has 1 aliphatic carbocycles. The number of para-hydroxylation sites is 1. The second kappa shape index (κ2) is 10.5. The summed E-state index contributed by atoms with van der Waals surface area (Å²) in [5.41, 5.74) is 2.35. The third-order valence-corrected chi connectivity index (χ3v) is 6.15. The second-order valence-corrected chi connectivity index (χ2v) is 8.44. The van der Waals surface area contributed by atoms with E-state index in [-0.39, 0.29) is 18.6 Å². The molecule has 0 saturated heterocycles. The third-order valence-electron chi connectivity index (χ3n) is 5.43. The van der Waals surface area contributed by atoms with E-state index in [1.165, 1.54) is 5.56 Å². The predicted octanol–water partition coefficient (Wildman–Crippen LogP) is 4.38. The standard InChI is InChI=1S/C24H26Cl2N2O4/c1-30-22-11-17(25)18(26)12-23(22)31-10-9-27-13-15(29)14-32-21-8-4-7-20-24(21)16-5-2-3-6-19(16)28-20/h2-8,11-12,15,20,24,27-29H,9-10,13-14H2,1H3. The van der Waals surface area contributed by atoms with Gasteiger partial charge in [0.1, 0.15) is 25.1 Å². The molecule has 2 aromatic carbocycles. The summed E-state index contributed by atoms with van der Waals surface area (Å²) < 4.78 is 17.0. The van der Waals surface area contributed by atoms with Crippen molar-refractivity contribution in [2.75, 3.05) is 38.7 Å². The molecule has 0 saturated carbocycles. The SMILES string of the molecule is COc1cc(Cl)c(Cl)cc1OCCNCC(O)COC1=CC=CC2Nc3ccccc3C12. The Kier molecular flexibility index (Phi) is 7.48. The highest BCUT2D eigenvalue weighted by Gasteiger charge is 2.35. The number of allylic oxidation sites excluding steroid dienone is 2. The monoisotopic (exact) mass is 476 g/mol. The highest BCUT2D eigenvalue weighted by molar-refractivity contribution is 6.42. The number of methoxy groups -OCH3 is 1. The summed E-state index contributed by atoms with van der Waals surface area (Å²) in [5, 5.41) is 17.8. The topological polar surface area (TPSA) is 72.0 Å². The van der Waals surface area contributed by atoms with Gasteiger partial charge in [0.25, 0.3) is 0 Å². The summed E-state index contributed by atoms with van der Waals surface area (Å²) in [6.07, 6.45) is 5.46. The minimum atomic E-state index is -0.649. The van der Waals surface area contributed by atoms with Crippen LogP contribution in [0.3, 0.4) is 0 Å². The zero-order chi connectivity index (χ0) is 22.5. The molecule has 4 rings (SSSR count). The number of halogens is 2. The van der Waals surface area contributed by atoms with Gasteiger partial charge in [-0.1, -0.05) is 53.6 Å². The Morgan fingerprint density at radius 3 is 2.72 bits per heavy atom. The van der Waals surface area contributed by atoms with Crippen molar-refractivity contribution in [3.63, 3.8) is 0 Å². The number of anilines is 1. The third kappa shape index (κ3) is 5.15. The van der Waals surface area contributed by atoms with Crippen molar-refractivity contribution in [1.82, 2.24) is 5.32 Å². The number of rotatable bonds is 10. The minimum Gasteiger partial charge on any atom is -0.494 e. The second-order valence-electron chi connectivity index (χ2n) is 7.62. The van der Waals surface area contributed by atoms with Gasteiger partial charge in [-0.25, -0.2) is 0 Å². The van der Waals surface area contributed by atoms with Crippen molar-refractivity contribution in [2.24, 2.45) is 0 Å². The van der Waals surface area contributed by atoms with Crippen LogP contribution in [-0.2, 0) is 4.74 Å². The highest BCUT2D eigenvalue weighted by Crippen LogP contribution is 2.42. The molecule has 0 radical (unpaired) electrons. The Morgan fingerprint density at radius 1 is 1.12 bits per heavy atom. The highest BCUT2D eigenvalue weighted by atomic mass is 35.5. The lowest BCUT2D eigenvalue weighted by molar-refractivity contribution is 0.0645. The first kappa shape index (κ1) is 22.8. The van der Waals surface area contributed by atoms with Crippen LogP contribution in [0.15, 0.2) is 60.4 Å². The van der Waals surface area contributed by atoms with Gasteiger partial charge in [-0.05, 0) is 17.7 Å². The fourth-order valence-electron chi connectivity index (χ4n) is 3.89. The van der Waals surface area contributed by atoms with E-state index >= 15 is 0 Å². The van der Waals surface area contributed by atoms with Crippen molar-refractivity contribution < 1.29 is 19.3 Å². The lowest BCUT2D eigenvalue weighted by Crippen LogP contribution is -2.33. The molecule has 3 unspecified atom stereocenters. The van der Waals surface area contributed by atoms with Gasteiger partial charge in [0.2, 0.25) is 0 Å². The molecule has 3 N–H and O–H groups in total. The lowest BCUT2D eigenvalue weighted by atomic mass is 9.90. The van der Waals surface area contributed by atoms with Crippen LogP contribution in [0.25, 0.3) is 0 Å². The molecule has 2 aromatic rings. The summed E-state index contributed by atoms with van der Waals surface area (Å²) in [7, 11) is 1.54. The van der Waals surface area contributed by atoms with Crippen molar-refractivity contribution in [1.29, 1.82) is 0 Å². The number of hydrogen-bond donors (Lipinski definition) is 3. The molecule has 8 heteroatoms. The van der Waals surface area contributed by atoms with E-state index < -0.39 is 6.10 Å². The molecule has 170 valence electrons. The van der Waals surface area contributed by atoms with Gasteiger partial charge in [-0.3, -0.25) is 0 Å². The molecule has 32 heavy (non-hydrogen) atoms. The number of benzene rings is 2. The Labute approximate surface area is 197 Å². The van der Waals surface area contributed by atoms with Crippen LogP contribution >= 0.6 is 23.2 Å². The van der Waals surface area contributed by atoms with Gasteiger partial charge in [0, 0.05) is 30.9 Å². The van der Waals surface area contributed by atoms with E-state index in [2.05, 4.69) is 28.8 Å². The molecule has 0 fully saturated rings. The van der Waals surface area contributed by atoms with Gasteiger partial charge < -0.3 is 30.0 Å². The van der Waals surface area contributed by atoms with E-state index in [9.17, 15) is 5.11 Å². The van der Waals surface area contributed by atoms with Crippen molar-refractivity contribution in [2.45, 2.75) is 18.1 Å². The van der Waals surface area contributed by atoms with E-state index in [4.69, 9.17) is 37.4 Å². The molecule has 0 bridgehead atoms. The average molecular weight is 477 g/mol. The minimum absolute atomic E-state index is 0.130. The maximum Gasteiger partial charge on any atom is 0.162 e.